The van der Waals surface area contributed by atoms with E-state index in [1.54, 1.807) is 0 Å². The summed E-state index contributed by atoms with van der Waals surface area (Å²) in [5, 5.41) is 4.78. The fourth-order valence-electron chi connectivity index (χ4n) is 2.26. The van der Waals surface area contributed by atoms with Crippen LogP contribution in [-0.4, -0.2) is 21.1 Å². The molecule has 0 aromatic carbocycles. The van der Waals surface area contributed by atoms with Crippen LogP contribution in [0, 0.1) is 0 Å². The summed E-state index contributed by atoms with van der Waals surface area (Å²) in [6, 6.07) is 0.352. The van der Waals surface area contributed by atoms with Gasteiger partial charge in [-0.1, -0.05) is 25.7 Å². The SMILES string of the molecule is Cn1cc(SC2CCCCCCC2N)cn1. The van der Waals surface area contributed by atoms with Crippen LogP contribution in [0.25, 0.3) is 0 Å². The van der Waals surface area contributed by atoms with Crippen molar-refractivity contribution in [2.24, 2.45) is 12.8 Å². The molecule has 0 radical (unpaired) electrons. The van der Waals surface area contributed by atoms with Crippen molar-refractivity contribution in [2.45, 2.75) is 54.7 Å². The van der Waals surface area contributed by atoms with E-state index < -0.39 is 0 Å². The molecule has 0 amide bonds. The van der Waals surface area contributed by atoms with Gasteiger partial charge < -0.3 is 5.73 Å². The molecule has 2 N–H and O–H groups in total. The average Bonchev–Trinajstić information content (AvgIpc) is 2.64. The third kappa shape index (κ3) is 3.25. The van der Waals surface area contributed by atoms with Crippen molar-refractivity contribution in [2.75, 3.05) is 0 Å². The first-order chi connectivity index (χ1) is 7.75. The number of thioether (sulfide) groups is 1. The lowest BCUT2D eigenvalue weighted by Gasteiger charge is -2.25. The molecule has 4 heteroatoms. The van der Waals surface area contributed by atoms with Crippen LogP contribution in [0.1, 0.15) is 38.5 Å². The van der Waals surface area contributed by atoms with Gasteiger partial charge in [0.25, 0.3) is 0 Å². The Kier molecular flexibility index (Phi) is 4.29. The predicted octanol–water partition coefficient (Wildman–Crippen LogP) is 2.56. The number of aryl methyl sites for hydroxylation is 1. The zero-order valence-electron chi connectivity index (χ0n) is 9.93. The van der Waals surface area contributed by atoms with Crippen LogP contribution in [0.4, 0.5) is 0 Å². The summed E-state index contributed by atoms with van der Waals surface area (Å²) in [6.07, 6.45) is 11.8. The summed E-state index contributed by atoms with van der Waals surface area (Å²) < 4.78 is 1.86. The van der Waals surface area contributed by atoms with Gasteiger partial charge in [0.15, 0.2) is 0 Å². The van der Waals surface area contributed by atoms with E-state index in [1.165, 1.54) is 43.4 Å². The first-order valence-electron chi connectivity index (χ1n) is 6.16. The number of hydrogen-bond donors (Lipinski definition) is 1. The summed E-state index contributed by atoms with van der Waals surface area (Å²) in [7, 11) is 1.96. The highest BCUT2D eigenvalue weighted by molar-refractivity contribution is 8.00. The van der Waals surface area contributed by atoms with Crippen LogP contribution >= 0.6 is 11.8 Å². The van der Waals surface area contributed by atoms with E-state index in [1.807, 2.05) is 29.7 Å². The lowest BCUT2D eigenvalue weighted by atomic mass is 9.97. The van der Waals surface area contributed by atoms with Crippen molar-refractivity contribution in [3.63, 3.8) is 0 Å². The maximum absolute atomic E-state index is 6.26. The Balaban J connectivity index is 1.95. The Bertz CT molecular complexity index is 324. The highest BCUT2D eigenvalue weighted by Gasteiger charge is 2.20. The summed E-state index contributed by atoms with van der Waals surface area (Å²) in [4.78, 5) is 1.25. The third-order valence-electron chi connectivity index (χ3n) is 3.22. The Morgan fingerprint density at radius 1 is 1.31 bits per heavy atom. The molecule has 2 atom stereocenters. The lowest BCUT2D eigenvalue weighted by molar-refractivity contribution is 0.463. The van der Waals surface area contributed by atoms with E-state index in [2.05, 4.69) is 11.3 Å². The van der Waals surface area contributed by atoms with Crippen LogP contribution in [0.2, 0.25) is 0 Å². The van der Waals surface area contributed by atoms with Crippen molar-refractivity contribution in [1.29, 1.82) is 0 Å². The maximum Gasteiger partial charge on any atom is 0.0625 e. The second-order valence-electron chi connectivity index (χ2n) is 4.66. The topological polar surface area (TPSA) is 43.8 Å². The zero-order chi connectivity index (χ0) is 11.4. The van der Waals surface area contributed by atoms with E-state index in [0.29, 0.717) is 11.3 Å². The molecule has 3 nitrogen and oxygen atoms in total. The second kappa shape index (κ2) is 5.73. The molecule has 1 aromatic heterocycles. The second-order valence-corrected chi connectivity index (χ2v) is 5.97. The van der Waals surface area contributed by atoms with Crippen LogP contribution in [0.5, 0.6) is 0 Å². The Morgan fingerprint density at radius 3 is 2.75 bits per heavy atom. The molecular weight excluding hydrogens is 218 g/mol. The normalized spacial score (nSPS) is 27.4. The molecular formula is C12H21N3S. The molecule has 1 saturated carbocycles. The smallest absolute Gasteiger partial charge is 0.0625 e. The van der Waals surface area contributed by atoms with Gasteiger partial charge in [-0.05, 0) is 12.8 Å². The molecule has 2 rings (SSSR count). The van der Waals surface area contributed by atoms with E-state index in [0.717, 1.165) is 0 Å². The van der Waals surface area contributed by atoms with Gasteiger partial charge in [0.2, 0.25) is 0 Å². The van der Waals surface area contributed by atoms with Crippen molar-refractivity contribution in [3.05, 3.63) is 12.4 Å². The van der Waals surface area contributed by atoms with Gasteiger partial charge in [-0.25, -0.2) is 0 Å². The minimum absolute atomic E-state index is 0.352. The van der Waals surface area contributed by atoms with E-state index in [9.17, 15) is 0 Å². The molecule has 0 saturated heterocycles. The summed E-state index contributed by atoms with van der Waals surface area (Å²) in [5.41, 5.74) is 6.26. The van der Waals surface area contributed by atoms with Crippen molar-refractivity contribution < 1.29 is 0 Å². The molecule has 16 heavy (non-hydrogen) atoms. The van der Waals surface area contributed by atoms with E-state index >= 15 is 0 Å². The van der Waals surface area contributed by atoms with Gasteiger partial charge in [0.05, 0.1) is 6.20 Å². The first kappa shape index (κ1) is 12.0. The minimum atomic E-state index is 0.352. The van der Waals surface area contributed by atoms with Gasteiger partial charge in [-0.15, -0.1) is 11.8 Å². The van der Waals surface area contributed by atoms with Crippen LogP contribution < -0.4 is 5.73 Å². The van der Waals surface area contributed by atoms with Gasteiger partial charge in [0.1, 0.15) is 0 Å². The quantitative estimate of drug-likeness (QED) is 0.862. The summed E-state index contributed by atoms with van der Waals surface area (Å²) >= 11 is 1.91. The van der Waals surface area contributed by atoms with Crippen molar-refractivity contribution in [3.8, 4) is 0 Å². The van der Waals surface area contributed by atoms with Gasteiger partial charge in [-0.3, -0.25) is 4.68 Å². The Morgan fingerprint density at radius 2 is 2.06 bits per heavy atom. The number of rotatable bonds is 2. The van der Waals surface area contributed by atoms with Gasteiger partial charge >= 0.3 is 0 Å². The average molecular weight is 239 g/mol. The van der Waals surface area contributed by atoms with Gasteiger partial charge in [0, 0.05) is 29.4 Å². The number of nitrogens with zero attached hydrogens (tertiary/aromatic N) is 2. The van der Waals surface area contributed by atoms with E-state index in [4.69, 9.17) is 5.73 Å². The summed E-state index contributed by atoms with van der Waals surface area (Å²) in [6.45, 7) is 0. The molecule has 1 aromatic rings. The molecule has 1 fully saturated rings. The molecule has 1 aliphatic carbocycles. The number of aromatic nitrogens is 2. The maximum atomic E-state index is 6.26. The lowest BCUT2D eigenvalue weighted by Crippen LogP contribution is -2.33. The number of hydrogen-bond acceptors (Lipinski definition) is 3. The number of nitrogens with two attached hydrogens (primary N) is 1. The fraction of sp³-hybridized carbons (Fsp3) is 0.750. The van der Waals surface area contributed by atoms with Gasteiger partial charge in [-0.2, -0.15) is 5.10 Å². The molecule has 2 unspecified atom stereocenters. The van der Waals surface area contributed by atoms with Crippen LogP contribution in [0.3, 0.4) is 0 Å². The third-order valence-corrected chi connectivity index (χ3v) is 4.59. The molecule has 0 bridgehead atoms. The Hall–Kier alpha value is -0.480. The largest absolute Gasteiger partial charge is 0.327 e. The monoisotopic (exact) mass is 239 g/mol. The standard InChI is InChI=1S/C12H21N3S/c1-15-9-10(8-14-15)16-12-7-5-3-2-4-6-11(12)13/h8-9,11-12H,2-7,13H2,1H3. The van der Waals surface area contributed by atoms with Crippen molar-refractivity contribution in [1.82, 2.24) is 9.78 Å². The molecule has 90 valence electrons. The first-order valence-corrected chi connectivity index (χ1v) is 7.04. The molecule has 1 heterocycles. The minimum Gasteiger partial charge on any atom is -0.327 e. The zero-order valence-corrected chi connectivity index (χ0v) is 10.7. The van der Waals surface area contributed by atoms with Crippen LogP contribution in [0.15, 0.2) is 17.3 Å². The highest BCUT2D eigenvalue weighted by Crippen LogP contribution is 2.31. The molecule has 0 aliphatic heterocycles. The molecule has 1 aliphatic rings. The molecule has 0 spiro atoms. The Labute approximate surface area is 102 Å². The van der Waals surface area contributed by atoms with E-state index in [-0.39, 0.29) is 0 Å². The van der Waals surface area contributed by atoms with Crippen molar-refractivity contribution >= 4 is 11.8 Å². The fourth-order valence-corrected chi connectivity index (χ4v) is 3.53. The van der Waals surface area contributed by atoms with Crippen LogP contribution in [-0.2, 0) is 7.05 Å². The highest BCUT2D eigenvalue weighted by atomic mass is 32.2. The predicted molar refractivity (Wildman–Crippen MR) is 68.5 cm³/mol. The summed E-state index contributed by atoms with van der Waals surface area (Å²) in [5.74, 6) is 0.